The minimum absolute atomic E-state index is 0.108. The number of anilines is 1. The molecule has 6 rings (SSSR count). The summed E-state index contributed by atoms with van der Waals surface area (Å²) in [4.78, 5) is 29.4. The van der Waals surface area contributed by atoms with E-state index in [0.29, 0.717) is 51.9 Å². The molecule has 0 aliphatic carbocycles. The third-order valence-corrected chi connectivity index (χ3v) is 10.6. The second-order valence-corrected chi connectivity index (χ2v) is 14.5. The summed E-state index contributed by atoms with van der Waals surface area (Å²) >= 11 is 3.47. The van der Waals surface area contributed by atoms with E-state index in [0.717, 1.165) is 26.9 Å². The zero-order valence-electron chi connectivity index (χ0n) is 23.6. The van der Waals surface area contributed by atoms with Crippen LogP contribution in [0.4, 0.5) is 5.69 Å². The second kappa shape index (κ2) is 11.5. The van der Waals surface area contributed by atoms with E-state index in [4.69, 9.17) is 0 Å². The van der Waals surface area contributed by atoms with Crippen molar-refractivity contribution in [3.05, 3.63) is 99.5 Å². The molecule has 10 heteroatoms. The maximum absolute atomic E-state index is 14.0. The smallest absolute Gasteiger partial charge is 0.245 e. The Balaban J connectivity index is 1.19. The molecule has 0 bridgehead atoms. The number of nitrogens with zero attached hydrogens (tertiary/aromatic N) is 2. The molecule has 0 aromatic heterocycles. The monoisotopic (exact) mass is 650 g/mol. The van der Waals surface area contributed by atoms with Gasteiger partial charge in [0.2, 0.25) is 21.8 Å². The summed E-state index contributed by atoms with van der Waals surface area (Å²) in [5.74, 6) is -0.287. The van der Waals surface area contributed by atoms with Crippen molar-refractivity contribution in [3.63, 3.8) is 0 Å². The molecule has 2 atom stereocenters. The van der Waals surface area contributed by atoms with Crippen molar-refractivity contribution in [1.82, 2.24) is 15.5 Å². The maximum atomic E-state index is 14.0. The molecule has 220 valence electrons. The summed E-state index contributed by atoms with van der Waals surface area (Å²) < 4.78 is 27.6. The van der Waals surface area contributed by atoms with Gasteiger partial charge in [-0.3, -0.25) is 13.9 Å². The molecule has 3 heterocycles. The molecular formula is C32H35BrN4O4S. The lowest BCUT2D eigenvalue weighted by atomic mass is 9.74. The highest BCUT2D eigenvalue weighted by molar-refractivity contribution is 9.10. The van der Waals surface area contributed by atoms with Gasteiger partial charge in [0.1, 0.15) is 6.04 Å². The standard InChI is InChI=1S/C32H35BrN4O4S/c1-42(40,41)37-21-32(26-8-4-5-9-29(26)37)14-16-36(17-15-32)31(39)28(18-22-10-12-25(33)13-11-22)35-30(38)27-19-23-6-2-3-7-24(23)20-34-27/h2-13,27-28,34H,14-21H2,1H3,(H,35,38)/t27-,28-/m0/s1. The van der Waals surface area contributed by atoms with Gasteiger partial charge in [-0.15, -0.1) is 0 Å². The number of hydrogen-bond acceptors (Lipinski definition) is 5. The predicted molar refractivity (Wildman–Crippen MR) is 167 cm³/mol. The fraction of sp³-hybridized carbons (Fsp3) is 0.375. The van der Waals surface area contributed by atoms with E-state index in [1.54, 1.807) is 0 Å². The second-order valence-electron chi connectivity index (χ2n) is 11.7. The lowest BCUT2D eigenvalue weighted by molar-refractivity contribution is -0.138. The van der Waals surface area contributed by atoms with Gasteiger partial charge in [0.15, 0.2) is 0 Å². The first-order valence-corrected chi connectivity index (χ1v) is 17.0. The van der Waals surface area contributed by atoms with Crippen molar-refractivity contribution in [2.45, 2.75) is 49.7 Å². The van der Waals surface area contributed by atoms with Crippen molar-refractivity contribution in [3.8, 4) is 0 Å². The summed E-state index contributed by atoms with van der Waals surface area (Å²) in [6.45, 7) is 1.99. The molecule has 2 amide bonds. The Morgan fingerprint density at radius 1 is 1.00 bits per heavy atom. The maximum Gasteiger partial charge on any atom is 0.245 e. The number of nitrogens with one attached hydrogen (secondary N) is 2. The third-order valence-electron chi connectivity index (χ3n) is 8.99. The van der Waals surface area contributed by atoms with Gasteiger partial charge in [0, 0.05) is 42.5 Å². The first-order chi connectivity index (χ1) is 20.1. The molecular weight excluding hydrogens is 616 g/mol. The van der Waals surface area contributed by atoms with Crippen LogP contribution in [0.1, 0.15) is 35.1 Å². The number of sulfonamides is 1. The number of piperidine rings is 1. The molecule has 1 spiro atoms. The molecule has 1 saturated heterocycles. The lowest BCUT2D eigenvalue weighted by Gasteiger charge is -2.41. The zero-order valence-corrected chi connectivity index (χ0v) is 26.0. The molecule has 3 aromatic carbocycles. The molecule has 8 nitrogen and oxygen atoms in total. The molecule has 3 aliphatic rings. The summed E-state index contributed by atoms with van der Waals surface area (Å²) in [6.07, 6.45) is 3.51. The Morgan fingerprint density at radius 2 is 1.67 bits per heavy atom. The summed E-state index contributed by atoms with van der Waals surface area (Å²) in [5.41, 5.74) is 4.73. The van der Waals surface area contributed by atoms with E-state index in [2.05, 4.69) is 38.7 Å². The Hall–Kier alpha value is -3.21. The van der Waals surface area contributed by atoms with E-state index in [1.165, 1.54) is 16.1 Å². The van der Waals surface area contributed by atoms with Crippen molar-refractivity contribution < 1.29 is 18.0 Å². The van der Waals surface area contributed by atoms with Gasteiger partial charge in [0.05, 0.1) is 18.0 Å². The summed E-state index contributed by atoms with van der Waals surface area (Å²) in [7, 11) is -3.42. The van der Waals surface area contributed by atoms with Crippen molar-refractivity contribution in [2.24, 2.45) is 0 Å². The van der Waals surface area contributed by atoms with Crippen LogP contribution in [0.5, 0.6) is 0 Å². The summed E-state index contributed by atoms with van der Waals surface area (Å²) in [5, 5.41) is 6.42. The van der Waals surface area contributed by atoms with Gasteiger partial charge in [-0.1, -0.05) is 70.5 Å². The highest BCUT2D eigenvalue weighted by atomic mass is 79.9. The van der Waals surface area contributed by atoms with Gasteiger partial charge in [-0.2, -0.15) is 0 Å². The Morgan fingerprint density at radius 3 is 2.38 bits per heavy atom. The van der Waals surface area contributed by atoms with E-state index in [-0.39, 0.29) is 17.2 Å². The topological polar surface area (TPSA) is 98.8 Å². The summed E-state index contributed by atoms with van der Waals surface area (Å²) in [6, 6.07) is 22.5. The van der Waals surface area contributed by atoms with Crippen LogP contribution in [-0.2, 0) is 44.4 Å². The van der Waals surface area contributed by atoms with Gasteiger partial charge < -0.3 is 15.5 Å². The minimum atomic E-state index is -3.42. The molecule has 42 heavy (non-hydrogen) atoms. The Bertz CT molecular complexity index is 1600. The highest BCUT2D eigenvalue weighted by Crippen LogP contribution is 2.47. The largest absolute Gasteiger partial charge is 0.343 e. The molecule has 1 fully saturated rings. The average Bonchev–Trinajstić information content (AvgIpc) is 3.32. The number of carbonyl (C=O) groups excluding carboxylic acids is 2. The number of para-hydroxylation sites is 1. The highest BCUT2D eigenvalue weighted by Gasteiger charge is 2.48. The van der Waals surface area contributed by atoms with Gasteiger partial charge in [0.25, 0.3) is 0 Å². The average molecular weight is 652 g/mol. The van der Waals surface area contributed by atoms with Crippen molar-refractivity contribution >= 4 is 43.5 Å². The number of carbonyl (C=O) groups is 2. The van der Waals surface area contributed by atoms with Gasteiger partial charge in [-0.25, -0.2) is 8.42 Å². The number of halogens is 1. The molecule has 0 unspecified atom stereocenters. The quantitative estimate of drug-likeness (QED) is 0.425. The first-order valence-electron chi connectivity index (χ1n) is 14.3. The van der Waals surface area contributed by atoms with Gasteiger partial charge >= 0.3 is 0 Å². The zero-order chi connectivity index (χ0) is 29.5. The Kier molecular flexibility index (Phi) is 7.89. The predicted octanol–water partition coefficient (Wildman–Crippen LogP) is 3.53. The van der Waals surface area contributed by atoms with Crippen molar-refractivity contribution in [2.75, 3.05) is 30.2 Å². The SMILES string of the molecule is CS(=O)(=O)N1CC2(CCN(C(=O)[C@H](Cc3ccc(Br)cc3)NC(=O)[C@@H]3Cc4ccccc4CN3)CC2)c2ccccc21. The third kappa shape index (κ3) is 5.72. The number of benzene rings is 3. The number of likely N-dealkylation sites (tertiary alicyclic amines) is 1. The van der Waals surface area contributed by atoms with Crippen LogP contribution in [0.2, 0.25) is 0 Å². The van der Waals surface area contributed by atoms with Crippen LogP contribution < -0.4 is 14.9 Å². The van der Waals surface area contributed by atoms with Crippen LogP contribution in [0.3, 0.4) is 0 Å². The number of fused-ring (bicyclic) bond motifs is 3. The van der Waals surface area contributed by atoms with E-state index in [9.17, 15) is 18.0 Å². The molecule has 3 aromatic rings. The van der Waals surface area contributed by atoms with Crippen LogP contribution in [0.25, 0.3) is 0 Å². The number of amides is 2. The molecule has 0 saturated carbocycles. The lowest BCUT2D eigenvalue weighted by Crippen LogP contribution is -2.57. The fourth-order valence-corrected chi connectivity index (χ4v) is 7.91. The minimum Gasteiger partial charge on any atom is -0.343 e. The first kappa shape index (κ1) is 28.9. The fourth-order valence-electron chi connectivity index (χ4n) is 6.65. The van der Waals surface area contributed by atoms with Crippen LogP contribution in [0, 0.1) is 0 Å². The van der Waals surface area contributed by atoms with E-state index in [1.807, 2.05) is 65.6 Å². The molecule has 2 N–H and O–H groups in total. The number of hydrogen-bond donors (Lipinski definition) is 2. The molecule has 3 aliphatic heterocycles. The molecule has 0 radical (unpaired) electrons. The normalized spacial score (nSPS) is 20.1. The van der Waals surface area contributed by atoms with Gasteiger partial charge in [-0.05, 0) is 59.7 Å². The van der Waals surface area contributed by atoms with Crippen LogP contribution >= 0.6 is 15.9 Å². The van der Waals surface area contributed by atoms with E-state index >= 15 is 0 Å². The van der Waals surface area contributed by atoms with Crippen LogP contribution in [0.15, 0.2) is 77.3 Å². The number of rotatable bonds is 6. The van der Waals surface area contributed by atoms with Crippen molar-refractivity contribution in [1.29, 1.82) is 0 Å². The van der Waals surface area contributed by atoms with Crippen LogP contribution in [-0.4, -0.2) is 63.1 Å². The Labute approximate surface area is 255 Å². The van der Waals surface area contributed by atoms with E-state index < -0.39 is 22.1 Å².